The molecule has 0 amide bonds. The lowest BCUT2D eigenvalue weighted by Crippen LogP contribution is -2.40. The van der Waals surface area contributed by atoms with Crippen molar-refractivity contribution in [3.8, 4) is 16.9 Å². The summed E-state index contributed by atoms with van der Waals surface area (Å²) in [4.78, 5) is 32.4. The first-order chi connectivity index (χ1) is 15.5. The van der Waals surface area contributed by atoms with Crippen LogP contribution >= 0.6 is 11.6 Å². The molecule has 0 atom stereocenters. The van der Waals surface area contributed by atoms with Crippen molar-refractivity contribution in [2.24, 2.45) is 0 Å². The van der Waals surface area contributed by atoms with E-state index >= 15 is 0 Å². The van der Waals surface area contributed by atoms with Gasteiger partial charge in [0.05, 0.1) is 25.2 Å². The Morgan fingerprint density at radius 3 is 2.59 bits per heavy atom. The lowest BCUT2D eigenvalue weighted by atomic mass is 10.0. The van der Waals surface area contributed by atoms with Crippen molar-refractivity contribution >= 4 is 28.6 Å². The topological polar surface area (TPSA) is 93.9 Å². The third-order valence-electron chi connectivity index (χ3n) is 5.47. The van der Waals surface area contributed by atoms with E-state index in [1.807, 2.05) is 12.1 Å². The number of nitrogens with zero attached hydrogens (tertiary/aromatic N) is 3. The number of pyridine rings is 2. The number of hydrogen-bond acceptors (Lipinski definition) is 7. The van der Waals surface area contributed by atoms with Gasteiger partial charge in [-0.1, -0.05) is 23.7 Å². The normalized spacial score (nSPS) is 14.6. The van der Waals surface area contributed by atoms with Gasteiger partial charge >= 0.3 is 5.97 Å². The van der Waals surface area contributed by atoms with E-state index in [9.17, 15) is 14.7 Å². The lowest BCUT2D eigenvalue weighted by molar-refractivity contribution is 0.0364. The van der Waals surface area contributed by atoms with Crippen molar-refractivity contribution in [2.75, 3.05) is 39.5 Å². The Bertz CT molecular complexity index is 1190. The summed E-state index contributed by atoms with van der Waals surface area (Å²) >= 11 is 5.98. The first-order valence-corrected chi connectivity index (χ1v) is 10.9. The van der Waals surface area contributed by atoms with E-state index in [-0.39, 0.29) is 12.2 Å². The maximum Gasteiger partial charge on any atom is 0.347 e. The Kier molecular flexibility index (Phi) is 6.74. The average molecular weight is 458 g/mol. The van der Waals surface area contributed by atoms with Gasteiger partial charge in [-0.3, -0.25) is 14.3 Å². The molecular formula is C23H24ClN3O5. The second-order valence-electron chi connectivity index (χ2n) is 7.46. The quantitative estimate of drug-likeness (QED) is 0.569. The zero-order valence-corrected chi connectivity index (χ0v) is 18.5. The molecule has 2 aromatic heterocycles. The molecule has 1 fully saturated rings. The van der Waals surface area contributed by atoms with Crippen molar-refractivity contribution in [3.05, 3.63) is 57.5 Å². The van der Waals surface area contributed by atoms with Gasteiger partial charge in [-0.05, 0) is 30.7 Å². The van der Waals surface area contributed by atoms with E-state index in [1.165, 1.54) is 4.57 Å². The fourth-order valence-corrected chi connectivity index (χ4v) is 3.90. The van der Waals surface area contributed by atoms with Gasteiger partial charge in [0.1, 0.15) is 11.4 Å². The number of carbonyl (C=O) groups excluding carboxylic acids is 1. The van der Waals surface area contributed by atoms with Gasteiger partial charge in [0, 0.05) is 43.0 Å². The maximum atomic E-state index is 13.2. The molecule has 0 spiro atoms. The highest BCUT2D eigenvalue weighted by molar-refractivity contribution is 6.30. The molecule has 168 valence electrons. The van der Waals surface area contributed by atoms with Crippen molar-refractivity contribution in [2.45, 2.75) is 13.5 Å². The molecule has 0 bridgehead atoms. The molecule has 3 heterocycles. The van der Waals surface area contributed by atoms with Gasteiger partial charge in [0.25, 0.3) is 5.56 Å². The zero-order valence-electron chi connectivity index (χ0n) is 17.7. The number of ether oxygens (including phenoxy) is 2. The summed E-state index contributed by atoms with van der Waals surface area (Å²) in [6, 6.07) is 8.91. The van der Waals surface area contributed by atoms with Crippen LogP contribution in [0.15, 0.2) is 41.3 Å². The second-order valence-corrected chi connectivity index (χ2v) is 7.89. The highest BCUT2D eigenvalue weighted by atomic mass is 35.5. The number of benzene rings is 1. The first-order valence-electron chi connectivity index (χ1n) is 10.5. The Labute approximate surface area is 190 Å². The minimum atomic E-state index is -0.853. The van der Waals surface area contributed by atoms with Crippen LogP contribution in [0.4, 0.5) is 0 Å². The Morgan fingerprint density at radius 2 is 1.91 bits per heavy atom. The number of aromatic nitrogens is 2. The second kappa shape index (κ2) is 9.68. The molecule has 1 saturated heterocycles. The number of rotatable bonds is 6. The SMILES string of the molecule is CCOC(=O)c1c(O)c2cc(-c3ccc(Cl)cc3)cnc2n(CCN2CCOCC2)c1=O. The van der Waals surface area contributed by atoms with Gasteiger partial charge in [0.15, 0.2) is 5.56 Å². The lowest BCUT2D eigenvalue weighted by Gasteiger charge is -2.27. The third-order valence-corrected chi connectivity index (χ3v) is 5.73. The molecule has 1 aliphatic rings. The summed E-state index contributed by atoms with van der Waals surface area (Å²) in [6.45, 7) is 5.46. The van der Waals surface area contributed by atoms with Crippen molar-refractivity contribution in [1.82, 2.24) is 14.5 Å². The van der Waals surface area contributed by atoms with Crippen LogP contribution in [0.5, 0.6) is 5.75 Å². The van der Waals surface area contributed by atoms with Crippen LogP contribution in [-0.4, -0.2) is 65.0 Å². The molecule has 1 aromatic carbocycles. The van der Waals surface area contributed by atoms with E-state index < -0.39 is 17.3 Å². The molecule has 3 aromatic rings. The Balaban J connectivity index is 1.83. The van der Waals surface area contributed by atoms with Crippen LogP contribution in [-0.2, 0) is 16.0 Å². The molecule has 1 aliphatic heterocycles. The summed E-state index contributed by atoms with van der Waals surface area (Å²) in [7, 11) is 0. The molecular weight excluding hydrogens is 434 g/mol. The highest BCUT2D eigenvalue weighted by Crippen LogP contribution is 2.30. The number of morpholine rings is 1. The summed E-state index contributed by atoms with van der Waals surface area (Å²) in [6.07, 6.45) is 1.64. The van der Waals surface area contributed by atoms with Crippen molar-refractivity contribution < 1.29 is 19.4 Å². The summed E-state index contributed by atoms with van der Waals surface area (Å²) < 4.78 is 11.9. The predicted octanol–water partition coefficient (Wildman–Crippen LogP) is 2.93. The van der Waals surface area contributed by atoms with Gasteiger partial charge < -0.3 is 14.6 Å². The molecule has 8 nitrogen and oxygen atoms in total. The minimum absolute atomic E-state index is 0.0899. The maximum absolute atomic E-state index is 13.2. The van der Waals surface area contributed by atoms with Gasteiger partial charge in [-0.2, -0.15) is 0 Å². The standard InChI is InChI=1S/C23H24ClN3O5/c1-2-32-23(30)19-20(28)18-13-16(15-3-5-17(24)6-4-15)14-25-21(18)27(22(19)29)8-7-26-9-11-31-12-10-26/h3-6,13-14,28H,2,7-12H2,1H3. The van der Waals surface area contributed by atoms with Crippen LogP contribution in [0.3, 0.4) is 0 Å². The van der Waals surface area contributed by atoms with Crippen molar-refractivity contribution in [3.63, 3.8) is 0 Å². The summed E-state index contributed by atoms with van der Waals surface area (Å²) in [5.74, 6) is -1.27. The smallest absolute Gasteiger partial charge is 0.347 e. The van der Waals surface area contributed by atoms with Crippen LogP contribution in [0.1, 0.15) is 17.3 Å². The number of carbonyl (C=O) groups is 1. The molecule has 0 unspecified atom stereocenters. The average Bonchev–Trinajstić information content (AvgIpc) is 2.80. The monoisotopic (exact) mass is 457 g/mol. The van der Waals surface area contributed by atoms with E-state index in [0.717, 1.165) is 24.2 Å². The number of esters is 1. The van der Waals surface area contributed by atoms with Gasteiger partial charge in [-0.25, -0.2) is 9.78 Å². The minimum Gasteiger partial charge on any atom is -0.506 e. The van der Waals surface area contributed by atoms with E-state index in [1.54, 1.807) is 31.3 Å². The highest BCUT2D eigenvalue weighted by Gasteiger charge is 2.25. The number of fused-ring (bicyclic) bond motifs is 1. The van der Waals surface area contributed by atoms with Crippen LogP contribution in [0, 0.1) is 0 Å². The van der Waals surface area contributed by atoms with Crippen molar-refractivity contribution in [1.29, 1.82) is 0 Å². The predicted molar refractivity (Wildman–Crippen MR) is 121 cm³/mol. The van der Waals surface area contributed by atoms with Gasteiger partial charge in [0.2, 0.25) is 0 Å². The summed E-state index contributed by atoms with van der Waals surface area (Å²) in [5.41, 5.74) is 0.876. The number of aromatic hydroxyl groups is 1. The largest absolute Gasteiger partial charge is 0.506 e. The Hall–Kier alpha value is -2.94. The Morgan fingerprint density at radius 1 is 1.19 bits per heavy atom. The third kappa shape index (κ3) is 4.48. The van der Waals surface area contributed by atoms with E-state index in [4.69, 9.17) is 21.1 Å². The first kappa shape index (κ1) is 22.3. The van der Waals surface area contributed by atoms with E-state index in [0.29, 0.717) is 42.4 Å². The fraction of sp³-hybridized carbons (Fsp3) is 0.348. The van der Waals surface area contributed by atoms with Crippen LogP contribution in [0.2, 0.25) is 5.02 Å². The van der Waals surface area contributed by atoms with Gasteiger partial charge in [-0.15, -0.1) is 0 Å². The molecule has 0 saturated carbocycles. The fourth-order valence-electron chi connectivity index (χ4n) is 3.78. The molecule has 0 aliphatic carbocycles. The molecule has 32 heavy (non-hydrogen) atoms. The molecule has 9 heteroatoms. The molecule has 4 rings (SSSR count). The van der Waals surface area contributed by atoms with Crippen LogP contribution < -0.4 is 5.56 Å². The number of hydrogen-bond donors (Lipinski definition) is 1. The summed E-state index contributed by atoms with van der Waals surface area (Å²) in [5, 5.41) is 11.8. The number of halogens is 1. The van der Waals surface area contributed by atoms with Crippen LogP contribution in [0.25, 0.3) is 22.2 Å². The van der Waals surface area contributed by atoms with E-state index in [2.05, 4.69) is 9.88 Å². The molecule has 0 radical (unpaired) electrons. The molecule has 1 N–H and O–H groups in total. The zero-order chi connectivity index (χ0) is 22.7.